The summed E-state index contributed by atoms with van der Waals surface area (Å²) in [5.41, 5.74) is 3.50. The molecule has 0 fully saturated rings. The Balaban J connectivity index is 1.59. The molecule has 4 heteroatoms. The maximum atomic E-state index is 12.3. The predicted molar refractivity (Wildman–Crippen MR) is 149 cm³/mol. The number of hydrogen-bond acceptors (Lipinski definition) is 4. The number of benzene rings is 3. The summed E-state index contributed by atoms with van der Waals surface area (Å²) in [4.78, 5) is 12.3. The summed E-state index contributed by atoms with van der Waals surface area (Å²) in [6.45, 7) is 12.8. The first-order valence-electron chi connectivity index (χ1n) is 13.1. The average Bonchev–Trinajstić information content (AvgIpc) is 3.31. The first-order chi connectivity index (χ1) is 17.7. The first-order valence-corrected chi connectivity index (χ1v) is 13.1. The van der Waals surface area contributed by atoms with Crippen LogP contribution in [0.15, 0.2) is 77.2 Å². The summed E-state index contributed by atoms with van der Waals surface area (Å²) in [6.07, 6.45) is 1.78. The van der Waals surface area contributed by atoms with Crippen LogP contribution in [0.25, 0.3) is 11.0 Å². The fourth-order valence-electron chi connectivity index (χ4n) is 4.71. The van der Waals surface area contributed by atoms with Crippen LogP contribution >= 0.6 is 0 Å². The number of carbonyl (C=O) groups excluding carboxylic acids is 1. The number of furan rings is 1. The largest absolute Gasteiger partial charge is 0.489 e. The zero-order valence-electron chi connectivity index (χ0n) is 22.9. The van der Waals surface area contributed by atoms with Gasteiger partial charge in [0.15, 0.2) is 5.78 Å². The predicted octanol–water partition coefficient (Wildman–Crippen LogP) is 8.42. The van der Waals surface area contributed by atoms with Crippen molar-refractivity contribution in [2.75, 3.05) is 6.61 Å². The van der Waals surface area contributed by atoms with Crippen molar-refractivity contribution in [3.05, 3.63) is 95.2 Å². The van der Waals surface area contributed by atoms with Gasteiger partial charge < -0.3 is 13.9 Å². The molecule has 0 aliphatic carbocycles. The minimum absolute atomic E-state index is 0.0780. The van der Waals surface area contributed by atoms with E-state index in [4.69, 9.17) is 13.9 Å². The highest BCUT2D eigenvalue weighted by molar-refractivity contribution is 5.85. The van der Waals surface area contributed by atoms with Crippen molar-refractivity contribution in [2.24, 2.45) is 5.41 Å². The molecule has 1 aromatic heterocycles. The van der Waals surface area contributed by atoms with Crippen molar-refractivity contribution in [2.45, 2.75) is 66.4 Å². The maximum Gasteiger partial charge on any atom is 0.175 e. The Morgan fingerprint density at radius 3 is 2.24 bits per heavy atom. The van der Waals surface area contributed by atoms with E-state index in [1.54, 1.807) is 0 Å². The van der Waals surface area contributed by atoms with Gasteiger partial charge in [-0.05, 0) is 66.8 Å². The number of aryl methyl sites for hydroxylation is 1. The minimum Gasteiger partial charge on any atom is -0.489 e. The SMILES string of the molecule is CCC(CC)(c1ccc(OCC(=O)C(C)(C)C)c(C)c1)c1cc2cc(OCc3ccccc3)ccc2o1. The van der Waals surface area contributed by atoms with E-state index < -0.39 is 5.41 Å². The number of fused-ring (bicyclic) bond motifs is 1. The number of carbonyl (C=O) groups is 1. The Morgan fingerprint density at radius 1 is 0.865 bits per heavy atom. The fraction of sp³-hybridized carbons (Fsp3) is 0.364. The van der Waals surface area contributed by atoms with E-state index in [2.05, 4.69) is 50.2 Å². The zero-order chi connectivity index (χ0) is 26.6. The molecule has 4 nitrogen and oxygen atoms in total. The van der Waals surface area contributed by atoms with Gasteiger partial charge in [-0.1, -0.05) is 77.1 Å². The summed E-state index contributed by atoms with van der Waals surface area (Å²) in [5.74, 6) is 2.60. The molecule has 3 aromatic carbocycles. The van der Waals surface area contributed by atoms with Crippen molar-refractivity contribution in [1.82, 2.24) is 0 Å². The van der Waals surface area contributed by atoms with Crippen molar-refractivity contribution in [1.29, 1.82) is 0 Å². The highest BCUT2D eigenvalue weighted by Gasteiger charge is 2.35. The third kappa shape index (κ3) is 5.74. The van der Waals surface area contributed by atoms with Crippen LogP contribution in [0, 0.1) is 12.3 Å². The molecule has 0 aliphatic heterocycles. The molecule has 0 atom stereocenters. The lowest BCUT2D eigenvalue weighted by atomic mass is 9.73. The summed E-state index contributed by atoms with van der Waals surface area (Å²) < 4.78 is 18.4. The smallest absolute Gasteiger partial charge is 0.175 e. The molecule has 0 saturated heterocycles. The molecular weight excluding hydrogens is 460 g/mol. The fourth-order valence-corrected chi connectivity index (χ4v) is 4.71. The van der Waals surface area contributed by atoms with Crippen LogP contribution in [0.1, 0.15) is 69.9 Å². The summed E-state index contributed by atoms with van der Waals surface area (Å²) in [6, 6.07) is 24.6. The molecule has 0 bridgehead atoms. The van der Waals surface area contributed by atoms with Crippen LogP contribution in [0.5, 0.6) is 11.5 Å². The average molecular weight is 499 g/mol. The second-order valence-electron chi connectivity index (χ2n) is 10.8. The van der Waals surface area contributed by atoms with Gasteiger partial charge in [-0.2, -0.15) is 0 Å². The lowest BCUT2D eigenvalue weighted by Crippen LogP contribution is -2.27. The standard InChI is InChI=1S/C33H38O4/c1-7-33(8-2,26-14-16-28(23(3)18-26)36-22-30(34)32(4,5)6)31-20-25-19-27(15-17-29(25)37-31)35-21-24-12-10-9-11-13-24/h9-20H,7-8,21-22H2,1-6H3. The van der Waals surface area contributed by atoms with E-state index in [-0.39, 0.29) is 17.8 Å². The molecule has 0 spiro atoms. The number of ketones is 1. The van der Waals surface area contributed by atoms with E-state index in [1.807, 2.05) is 64.1 Å². The molecule has 37 heavy (non-hydrogen) atoms. The lowest BCUT2D eigenvalue weighted by molar-refractivity contribution is -0.128. The Bertz CT molecular complexity index is 1350. The van der Waals surface area contributed by atoms with E-state index in [0.717, 1.165) is 52.2 Å². The van der Waals surface area contributed by atoms with Gasteiger partial charge in [-0.15, -0.1) is 0 Å². The van der Waals surface area contributed by atoms with Gasteiger partial charge in [0.2, 0.25) is 0 Å². The highest BCUT2D eigenvalue weighted by Crippen LogP contribution is 2.43. The van der Waals surface area contributed by atoms with Crippen LogP contribution in [0.4, 0.5) is 0 Å². The molecule has 4 aromatic rings. The molecule has 0 radical (unpaired) electrons. The van der Waals surface area contributed by atoms with Crippen LogP contribution in [0.2, 0.25) is 0 Å². The maximum absolute atomic E-state index is 12.3. The van der Waals surface area contributed by atoms with E-state index >= 15 is 0 Å². The number of Topliss-reactive ketones (excluding diaryl/α,β-unsaturated/α-hetero) is 1. The molecule has 4 rings (SSSR count). The van der Waals surface area contributed by atoms with Crippen molar-refractivity contribution in [3.63, 3.8) is 0 Å². The van der Waals surface area contributed by atoms with Crippen LogP contribution < -0.4 is 9.47 Å². The molecule has 0 amide bonds. The van der Waals surface area contributed by atoms with Gasteiger partial charge in [-0.3, -0.25) is 4.79 Å². The molecule has 0 aliphatic rings. The van der Waals surface area contributed by atoms with Crippen molar-refractivity contribution in [3.8, 4) is 11.5 Å². The number of hydrogen-bond donors (Lipinski definition) is 0. The first kappa shape index (κ1) is 26.5. The quantitative estimate of drug-likeness (QED) is 0.220. The Labute approximate surface area is 220 Å². The highest BCUT2D eigenvalue weighted by atomic mass is 16.5. The molecule has 0 saturated carbocycles. The second kappa shape index (κ2) is 10.8. The summed E-state index contributed by atoms with van der Waals surface area (Å²) in [5, 5.41) is 1.03. The van der Waals surface area contributed by atoms with Gasteiger partial charge >= 0.3 is 0 Å². The van der Waals surface area contributed by atoms with Gasteiger partial charge in [0, 0.05) is 10.8 Å². The molecular formula is C33H38O4. The van der Waals surface area contributed by atoms with Gasteiger partial charge in [0.25, 0.3) is 0 Å². The van der Waals surface area contributed by atoms with Crippen molar-refractivity contribution < 1.29 is 18.7 Å². The third-order valence-corrected chi connectivity index (χ3v) is 7.34. The van der Waals surface area contributed by atoms with Crippen LogP contribution in [-0.2, 0) is 16.8 Å². The van der Waals surface area contributed by atoms with Crippen LogP contribution in [-0.4, -0.2) is 12.4 Å². The van der Waals surface area contributed by atoms with E-state index in [0.29, 0.717) is 6.61 Å². The van der Waals surface area contributed by atoms with Gasteiger partial charge in [0.05, 0.1) is 5.41 Å². The molecule has 194 valence electrons. The molecule has 0 N–H and O–H groups in total. The van der Waals surface area contributed by atoms with E-state index in [1.165, 1.54) is 5.56 Å². The Hall–Kier alpha value is -3.53. The lowest BCUT2D eigenvalue weighted by Gasteiger charge is -2.31. The minimum atomic E-state index is -0.416. The Kier molecular flexibility index (Phi) is 7.77. The molecule has 0 unspecified atom stereocenters. The molecule has 1 heterocycles. The Morgan fingerprint density at radius 2 is 1.59 bits per heavy atom. The zero-order valence-corrected chi connectivity index (χ0v) is 22.9. The van der Waals surface area contributed by atoms with Gasteiger partial charge in [0.1, 0.15) is 36.1 Å². The number of rotatable bonds is 10. The number of ether oxygens (including phenoxy) is 2. The third-order valence-electron chi connectivity index (χ3n) is 7.34. The summed E-state index contributed by atoms with van der Waals surface area (Å²) >= 11 is 0. The topological polar surface area (TPSA) is 48.7 Å². The summed E-state index contributed by atoms with van der Waals surface area (Å²) in [7, 11) is 0. The van der Waals surface area contributed by atoms with E-state index in [9.17, 15) is 4.79 Å². The second-order valence-corrected chi connectivity index (χ2v) is 10.8. The van der Waals surface area contributed by atoms with Gasteiger partial charge in [-0.25, -0.2) is 0 Å². The normalized spacial score (nSPS) is 12.1. The monoisotopic (exact) mass is 498 g/mol. The van der Waals surface area contributed by atoms with Crippen LogP contribution in [0.3, 0.4) is 0 Å². The van der Waals surface area contributed by atoms with Crippen molar-refractivity contribution >= 4 is 16.8 Å².